The van der Waals surface area contributed by atoms with Gasteiger partial charge in [0, 0.05) is 8.41 Å². The summed E-state index contributed by atoms with van der Waals surface area (Å²) in [5, 5.41) is 0. The molecule has 0 atom stereocenters. The van der Waals surface area contributed by atoms with Crippen LogP contribution in [0.5, 0.6) is 0 Å². The van der Waals surface area contributed by atoms with Gasteiger partial charge in [-0.25, -0.2) is 8.78 Å². The molecule has 2 rings (SSSR count). The molecule has 0 unspecified atom stereocenters. The van der Waals surface area contributed by atoms with Crippen LogP contribution in [-0.2, 0) is 0 Å². The van der Waals surface area contributed by atoms with Crippen molar-refractivity contribution < 1.29 is 79.0 Å². The molecule has 169 valence electrons. The lowest BCUT2D eigenvalue weighted by molar-refractivity contribution is -0.560. The minimum absolute atomic E-state index is 0. The summed E-state index contributed by atoms with van der Waals surface area (Å²) in [7, 11) is 0. The molecule has 0 aromatic rings. The fourth-order valence-electron chi connectivity index (χ4n) is 2.91. The normalized spacial score (nSPS) is 41.6. The van der Waals surface area contributed by atoms with E-state index in [1.54, 1.807) is 0 Å². The highest BCUT2D eigenvalue weighted by Gasteiger charge is 3.15. The van der Waals surface area contributed by atoms with Crippen molar-refractivity contribution in [3.05, 3.63) is 0 Å². The van der Waals surface area contributed by atoms with Crippen molar-refractivity contribution in [3.63, 3.8) is 0 Å². The van der Waals surface area contributed by atoms with Crippen LogP contribution in [0.15, 0.2) is 0 Å². The van der Waals surface area contributed by atoms with Gasteiger partial charge >= 0.3 is 47.4 Å². The van der Waals surface area contributed by atoms with Gasteiger partial charge in [0.1, 0.15) is 0 Å². The van der Waals surface area contributed by atoms with Gasteiger partial charge in [0.05, 0.1) is 0 Å². The molecule has 0 aliphatic heterocycles. The summed E-state index contributed by atoms with van der Waals surface area (Å²) in [6.45, 7) is 0. The zero-order valence-corrected chi connectivity index (χ0v) is 12.4. The first-order valence-corrected chi connectivity index (χ1v) is 6.15. The third-order valence-corrected chi connectivity index (χ3v) is 4.57. The van der Waals surface area contributed by atoms with Gasteiger partial charge in [-0.15, -0.1) is 0 Å². The molecule has 0 spiro atoms. The van der Waals surface area contributed by atoms with E-state index in [1.807, 2.05) is 0 Å². The van der Waals surface area contributed by atoms with Crippen molar-refractivity contribution in [3.8, 4) is 0 Å². The molecule has 0 heterocycles. The van der Waals surface area contributed by atoms with Crippen molar-refractivity contribution in [1.82, 2.24) is 0 Å². The molecule has 0 aromatic carbocycles. The Labute approximate surface area is 147 Å². The standard InChI is InChI=1S/C10F18.B/c11-1-2(12,5(17,18)9(25,26)7(21,22)3(1,13)14)6(19,20)10(27,28)8(23,24)4(1,15)16;. The van der Waals surface area contributed by atoms with Crippen LogP contribution in [0.2, 0.25) is 0 Å². The Morgan fingerprint density at radius 3 is 0.414 bits per heavy atom. The van der Waals surface area contributed by atoms with Crippen LogP contribution in [-0.4, -0.2) is 67.1 Å². The highest BCUT2D eigenvalue weighted by atomic mass is 19.4. The van der Waals surface area contributed by atoms with Crippen molar-refractivity contribution in [2.45, 2.75) is 58.7 Å². The SMILES string of the molecule is FC1(F)C(F)(F)C(F)(F)C2(F)C(F)(F)C(F)(F)C(F)(F)C(F)(F)C2(F)C1(F)F.[B]. The topological polar surface area (TPSA) is 0 Å². The number of halogens is 18. The molecule has 0 N–H and O–H groups in total. The van der Waals surface area contributed by atoms with Crippen molar-refractivity contribution >= 4 is 8.41 Å². The number of hydrogen-bond donors (Lipinski definition) is 0. The second-order valence-electron chi connectivity index (χ2n) is 5.91. The van der Waals surface area contributed by atoms with Gasteiger partial charge < -0.3 is 0 Å². The number of rotatable bonds is 0. The Balaban J connectivity index is 0.00000420. The molecule has 0 amide bonds. The Bertz CT molecular complexity index is 593. The van der Waals surface area contributed by atoms with E-state index in [1.165, 1.54) is 0 Å². The average molecular weight is 473 g/mol. The molecule has 0 bridgehead atoms. The van der Waals surface area contributed by atoms with E-state index in [0.717, 1.165) is 0 Å². The molecule has 0 nitrogen and oxygen atoms in total. The summed E-state index contributed by atoms with van der Waals surface area (Å²) in [6.07, 6.45) is 0. The first-order chi connectivity index (χ1) is 11.8. The van der Waals surface area contributed by atoms with Gasteiger partial charge in [-0.3, -0.25) is 0 Å². The lowest BCUT2D eigenvalue weighted by Gasteiger charge is -2.63. The van der Waals surface area contributed by atoms with Crippen LogP contribution >= 0.6 is 0 Å². The Morgan fingerprint density at radius 2 is 0.310 bits per heavy atom. The van der Waals surface area contributed by atoms with E-state index in [2.05, 4.69) is 0 Å². The van der Waals surface area contributed by atoms with E-state index in [-0.39, 0.29) is 8.41 Å². The average Bonchev–Trinajstić information content (AvgIpc) is 2.49. The third-order valence-electron chi connectivity index (χ3n) is 4.57. The lowest BCUT2D eigenvalue weighted by Crippen LogP contribution is -2.98. The quantitative estimate of drug-likeness (QED) is 0.338. The Hall–Kier alpha value is -1.20. The second kappa shape index (κ2) is 5.16. The van der Waals surface area contributed by atoms with Crippen molar-refractivity contribution in [2.75, 3.05) is 0 Å². The number of fused-ring (bicyclic) bond motifs is 1. The van der Waals surface area contributed by atoms with E-state index in [0.29, 0.717) is 0 Å². The first kappa shape index (κ1) is 25.8. The lowest BCUT2D eigenvalue weighted by atomic mass is 9.54. The Morgan fingerprint density at radius 1 is 0.207 bits per heavy atom. The summed E-state index contributed by atoms with van der Waals surface area (Å²) in [6, 6.07) is 0. The fourth-order valence-corrected chi connectivity index (χ4v) is 2.91. The summed E-state index contributed by atoms with van der Waals surface area (Å²) >= 11 is 0. The number of alkyl halides is 18. The zero-order chi connectivity index (χ0) is 23.0. The van der Waals surface area contributed by atoms with Gasteiger partial charge in [-0.1, -0.05) is 0 Å². The molecule has 19 heteroatoms. The van der Waals surface area contributed by atoms with E-state index in [4.69, 9.17) is 0 Å². The largest absolute Gasteiger partial charge is 0.382 e. The molecular formula is C10BF18. The predicted octanol–water partition coefficient (Wildman–Crippen LogP) is 5.13. The van der Waals surface area contributed by atoms with Crippen LogP contribution in [0.1, 0.15) is 0 Å². The molecule has 0 aromatic heterocycles. The number of hydrogen-bond acceptors (Lipinski definition) is 0. The molecular weight excluding hydrogens is 473 g/mol. The van der Waals surface area contributed by atoms with Gasteiger partial charge in [0.2, 0.25) is 0 Å². The van der Waals surface area contributed by atoms with E-state index in [9.17, 15) is 79.0 Å². The second-order valence-corrected chi connectivity index (χ2v) is 5.91. The van der Waals surface area contributed by atoms with Gasteiger partial charge in [-0.2, -0.15) is 70.2 Å². The van der Waals surface area contributed by atoms with Crippen LogP contribution < -0.4 is 0 Å². The maximum atomic E-state index is 14.2. The maximum Gasteiger partial charge on any atom is 0.382 e. The molecule has 2 fully saturated rings. The van der Waals surface area contributed by atoms with Crippen molar-refractivity contribution in [1.29, 1.82) is 0 Å². The minimum atomic E-state index is -8.64. The first-order valence-electron chi connectivity index (χ1n) is 6.15. The van der Waals surface area contributed by atoms with Crippen molar-refractivity contribution in [2.24, 2.45) is 0 Å². The van der Waals surface area contributed by atoms with E-state index >= 15 is 0 Å². The molecule has 2 saturated carbocycles. The maximum absolute atomic E-state index is 14.2. The molecule has 3 radical (unpaired) electrons. The van der Waals surface area contributed by atoms with Crippen LogP contribution in [0.25, 0.3) is 0 Å². The molecule has 2 aliphatic rings. The fraction of sp³-hybridized carbons (Fsp3) is 1.00. The highest BCUT2D eigenvalue weighted by Crippen LogP contribution is 2.81. The smallest absolute Gasteiger partial charge is 0.226 e. The van der Waals surface area contributed by atoms with E-state index < -0.39 is 58.7 Å². The van der Waals surface area contributed by atoms with Crippen LogP contribution in [0.3, 0.4) is 0 Å². The molecule has 2 aliphatic carbocycles. The molecule has 29 heavy (non-hydrogen) atoms. The van der Waals surface area contributed by atoms with Gasteiger partial charge in [-0.05, 0) is 0 Å². The zero-order valence-electron chi connectivity index (χ0n) is 12.4. The molecule has 0 saturated heterocycles. The minimum Gasteiger partial charge on any atom is -0.226 e. The predicted molar refractivity (Wildman–Crippen MR) is 53.0 cm³/mol. The summed E-state index contributed by atoms with van der Waals surface area (Å²) in [5.41, 5.74) is -17.3. The van der Waals surface area contributed by atoms with Gasteiger partial charge in [0.15, 0.2) is 0 Å². The van der Waals surface area contributed by atoms with Crippen LogP contribution in [0.4, 0.5) is 79.0 Å². The third kappa shape index (κ3) is 1.72. The van der Waals surface area contributed by atoms with Crippen LogP contribution in [0, 0.1) is 0 Å². The summed E-state index contributed by atoms with van der Waals surface area (Å²) in [4.78, 5) is 0. The summed E-state index contributed by atoms with van der Waals surface area (Å²) in [5.74, 6) is -66.8. The van der Waals surface area contributed by atoms with Gasteiger partial charge in [0.25, 0.3) is 11.3 Å². The Kier molecular flexibility index (Phi) is 4.60. The summed E-state index contributed by atoms with van der Waals surface area (Å²) < 4.78 is 241. The monoisotopic (exact) mass is 473 g/mol. The highest BCUT2D eigenvalue weighted by molar-refractivity contribution is 5.75.